The van der Waals surface area contributed by atoms with Crippen LogP contribution < -0.4 is 5.32 Å². The smallest absolute Gasteiger partial charge is 0.251 e. The minimum absolute atomic E-state index is 0.00451. The lowest BCUT2D eigenvalue weighted by Gasteiger charge is -2.33. The number of benzene rings is 1. The Bertz CT molecular complexity index is 918. The van der Waals surface area contributed by atoms with E-state index in [9.17, 15) is 9.59 Å². The van der Waals surface area contributed by atoms with Crippen molar-refractivity contribution in [2.24, 2.45) is 5.41 Å². The quantitative estimate of drug-likeness (QED) is 0.842. The average molecular weight is 394 g/mol. The molecule has 0 bridgehead atoms. The van der Waals surface area contributed by atoms with Crippen LogP contribution in [0.5, 0.6) is 0 Å². The van der Waals surface area contributed by atoms with Crippen molar-refractivity contribution >= 4 is 11.8 Å². The third-order valence-electron chi connectivity index (χ3n) is 6.58. The van der Waals surface area contributed by atoms with Crippen molar-refractivity contribution in [2.75, 3.05) is 13.1 Å². The largest absolute Gasteiger partial charge is 0.341 e. The fourth-order valence-corrected chi connectivity index (χ4v) is 4.11. The number of amides is 2. The molecule has 152 valence electrons. The van der Waals surface area contributed by atoms with E-state index in [0.717, 1.165) is 44.3 Å². The standard InChI is InChI=1S/C22H26N4O3/c1-14(21(28)26-12-10-22(8-9-22)11-13-26)23-19(27)16-4-2-15(3-5-16)18-24-20(29-25-18)17-6-7-17/h2-5,14,17H,6-13H2,1H3,(H,23,27). The third kappa shape index (κ3) is 3.78. The lowest BCUT2D eigenvalue weighted by atomic mass is 9.93. The summed E-state index contributed by atoms with van der Waals surface area (Å²) < 4.78 is 5.29. The summed E-state index contributed by atoms with van der Waals surface area (Å²) >= 11 is 0. The van der Waals surface area contributed by atoms with Crippen LogP contribution in [-0.2, 0) is 4.79 Å². The van der Waals surface area contributed by atoms with Gasteiger partial charge in [0, 0.05) is 30.1 Å². The normalized spacial score (nSPS) is 21.1. The van der Waals surface area contributed by atoms with Crippen LogP contribution >= 0.6 is 0 Å². The van der Waals surface area contributed by atoms with Gasteiger partial charge in [0.1, 0.15) is 6.04 Å². The van der Waals surface area contributed by atoms with Crippen molar-refractivity contribution < 1.29 is 14.1 Å². The van der Waals surface area contributed by atoms with Crippen LogP contribution in [0.2, 0.25) is 0 Å². The Morgan fingerprint density at radius 1 is 1.14 bits per heavy atom. The van der Waals surface area contributed by atoms with Gasteiger partial charge in [-0.3, -0.25) is 9.59 Å². The molecule has 1 aromatic carbocycles. The van der Waals surface area contributed by atoms with Crippen molar-refractivity contribution in [1.29, 1.82) is 0 Å². The molecular formula is C22H26N4O3. The molecular weight excluding hydrogens is 368 g/mol. The van der Waals surface area contributed by atoms with E-state index in [1.807, 2.05) is 17.0 Å². The van der Waals surface area contributed by atoms with Crippen LogP contribution in [0.1, 0.15) is 67.6 Å². The van der Waals surface area contributed by atoms with Gasteiger partial charge in [-0.25, -0.2) is 0 Å². The number of aromatic nitrogens is 2. The van der Waals surface area contributed by atoms with Crippen LogP contribution in [0.4, 0.5) is 0 Å². The van der Waals surface area contributed by atoms with Gasteiger partial charge in [-0.1, -0.05) is 17.3 Å². The van der Waals surface area contributed by atoms with Gasteiger partial charge in [0.15, 0.2) is 0 Å². The summed E-state index contributed by atoms with van der Waals surface area (Å²) in [6, 6.07) is 6.54. The van der Waals surface area contributed by atoms with E-state index >= 15 is 0 Å². The van der Waals surface area contributed by atoms with Crippen molar-refractivity contribution in [3.63, 3.8) is 0 Å². The summed E-state index contributed by atoms with van der Waals surface area (Å²) in [5, 5.41) is 6.86. The Kier molecular flexibility index (Phi) is 4.41. The summed E-state index contributed by atoms with van der Waals surface area (Å²) in [4.78, 5) is 31.6. The average Bonchev–Trinajstić information content (AvgIpc) is 3.68. The number of likely N-dealkylation sites (tertiary alicyclic amines) is 1. The molecule has 7 nitrogen and oxygen atoms in total. The molecule has 7 heteroatoms. The Hall–Kier alpha value is -2.70. The summed E-state index contributed by atoms with van der Waals surface area (Å²) in [5.41, 5.74) is 1.85. The Labute approximate surface area is 169 Å². The second-order valence-corrected chi connectivity index (χ2v) is 8.83. The molecule has 0 radical (unpaired) electrons. The molecule has 2 aromatic rings. The first kappa shape index (κ1) is 18.3. The monoisotopic (exact) mass is 394 g/mol. The van der Waals surface area contributed by atoms with Gasteiger partial charge >= 0.3 is 0 Å². The number of piperidine rings is 1. The molecule has 2 heterocycles. The Morgan fingerprint density at radius 2 is 1.83 bits per heavy atom. The highest BCUT2D eigenvalue weighted by Gasteiger charge is 2.45. The van der Waals surface area contributed by atoms with Gasteiger partial charge in [-0.2, -0.15) is 4.98 Å². The van der Waals surface area contributed by atoms with E-state index in [4.69, 9.17) is 4.52 Å². The highest BCUT2D eigenvalue weighted by atomic mass is 16.5. The molecule has 5 rings (SSSR count). The second kappa shape index (κ2) is 6.97. The summed E-state index contributed by atoms with van der Waals surface area (Å²) in [6.07, 6.45) is 7.02. The molecule has 1 atom stereocenters. The Morgan fingerprint density at radius 3 is 2.45 bits per heavy atom. The predicted octanol–water partition coefficient (Wildman–Crippen LogP) is 3.13. The minimum Gasteiger partial charge on any atom is -0.341 e. The summed E-state index contributed by atoms with van der Waals surface area (Å²) in [7, 11) is 0. The van der Waals surface area contributed by atoms with Crippen LogP contribution in [0.3, 0.4) is 0 Å². The molecule has 3 fully saturated rings. The zero-order valence-electron chi connectivity index (χ0n) is 16.7. The van der Waals surface area contributed by atoms with Crippen molar-refractivity contribution in [2.45, 2.75) is 57.4 Å². The van der Waals surface area contributed by atoms with Crippen molar-refractivity contribution in [3.8, 4) is 11.4 Å². The molecule has 1 spiro atoms. The fourth-order valence-electron chi connectivity index (χ4n) is 4.11. The van der Waals surface area contributed by atoms with Crippen LogP contribution in [0, 0.1) is 5.41 Å². The maximum atomic E-state index is 12.7. The first-order valence-electron chi connectivity index (χ1n) is 10.6. The van der Waals surface area contributed by atoms with Crippen LogP contribution in [-0.4, -0.2) is 46.0 Å². The Balaban J connectivity index is 1.18. The first-order valence-corrected chi connectivity index (χ1v) is 10.6. The molecule has 2 amide bonds. The minimum atomic E-state index is -0.534. The maximum Gasteiger partial charge on any atom is 0.251 e. The highest BCUT2D eigenvalue weighted by Crippen LogP contribution is 2.53. The third-order valence-corrected chi connectivity index (χ3v) is 6.58. The zero-order valence-corrected chi connectivity index (χ0v) is 16.7. The van der Waals surface area contributed by atoms with E-state index in [-0.39, 0.29) is 11.8 Å². The second-order valence-electron chi connectivity index (χ2n) is 8.83. The van der Waals surface area contributed by atoms with Gasteiger partial charge in [0.2, 0.25) is 17.6 Å². The number of hydrogen-bond donors (Lipinski definition) is 1. The van der Waals surface area contributed by atoms with Gasteiger partial charge in [-0.05, 0) is 63.0 Å². The first-order chi connectivity index (χ1) is 14.0. The van der Waals surface area contributed by atoms with E-state index in [2.05, 4.69) is 15.5 Å². The molecule has 1 unspecified atom stereocenters. The molecule has 1 N–H and O–H groups in total. The molecule has 1 saturated heterocycles. The fraction of sp³-hybridized carbons (Fsp3) is 0.545. The van der Waals surface area contributed by atoms with E-state index < -0.39 is 6.04 Å². The number of carbonyl (C=O) groups is 2. The van der Waals surface area contributed by atoms with E-state index in [1.54, 1.807) is 19.1 Å². The number of carbonyl (C=O) groups excluding carboxylic acids is 2. The summed E-state index contributed by atoms with van der Waals surface area (Å²) in [6.45, 7) is 3.37. The van der Waals surface area contributed by atoms with Gasteiger partial charge < -0.3 is 14.7 Å². The predicted molar refractivity (Wildman–Crippen MR) is 106 cm³/mol. The van der Waals surface area contributed by atoms with Gasteiger partial charge in [0.05, 0.1) is 0 Å². The number of hydrogen-bond acceptors (Lipinski definition) is 5. The number of nitrogens with zero attached hydrogens (tertiary/aromatic N) is 3. The lowest BCUT2D eigenvalue weighted by Crippen LogP contribution is -2.49. The summed E-state index contributed by atoms with van der Waals surface area (Å²) in [5.74, 6) is 1.40. The zero-order chi connectivity index (χ0) is 20.0. The van der Waals surface area contributed by atoms with Crippen molar-refractivity contribution in [3.05, 3.63) is 35.7 Å². The molecule has 1 aromatic heterocycles. The van der Waals surface area contributed by atoms with E-state index in [1.165, 1.54) is 12.8 Å². The number of rotatable bonds is 5. The van der Waals surface area contributed by atoms with Crippen LogP contribution in [0.25, 0.3) is 11.4 Å². The number of nitrogens with one attached hydrogen (secondary N) is 1. The highest BCUT2D eigenvalue weighted by molar-refractivity contribution is 5.97. The molecule has 29 heavy (non-hydrogen) atoms. The van der Waals surface area contributed by atoms with Gasteiger partial charge in [-0.15, -0.1) is 0 Å². The molecule has 2 aliphatic carbocycles. The lowest BCUT2D eigenvalue weighted by molar-refractivity contribution is -0.134. The SMILES string of the molecule is CC(NC(=O)c1ccc(-c2noc(C3CC3)n2)cc1)C(=O)N1CCC2(CC1)CC2. The van der Waals surface area contributed by atoms with Crippen LogP contribution in [0.15, 0.2) is 28.8 Å². The maximum absolute atomic E-state index is 12.7. The van der Waals surface area contributed by atoms with Gasteiger partial charge in [0.25, 0.3) is 5.91 Å². The van der Waals surface area contributed by atoms with E-state index in [0.29, 0.717) is 28.6 Å². The molecule has 3 aliphatic rings. The molecule has 1 aliphatic heterocycles. The topological polar surface area (TPSA) is 88.3 Å². The molecule has 2 saturated carbocycles. The van der Waals surface area contributed by atoms with Crippen molar-refractivity contribution in [1.82, 2.24) is 20.4 Å².